The lowest BCUT2D eigenvalue weighted by Crippen LogP contribution is -2.33. The maximum atomic E-state index is 12.6. The Balaban J connectivity index is 2.32. The Labute approximate surface area is 159 Å². The highest BCUT2D eigenvalue weighted by Gasteiger charge is 2.33. The number of benzene rings is 1. The molecule has 1 aliphatic heterocycles. The zero-order valence-corrected chi connectivity index (χ0v) is 16.8. The van der Waals surface area contributed by atoms with Gasteiger partial charge in [-0.2, -0.15) is 4.31 Å². The summed E-state index contributed by atoms with van der Waals surface area (Å²) in [4.78, 5) is 24.5. The number of hydrogen-bond donors (Lipinski definition) is 1. The molecule has 1 aromatic rings. The highest BCUT2D eigenvalue weighted by molar-refractivity contribution is 7.89. The number of carbonyl (C=O) groups is 1. The molecule has 1 heterocycles. The van der Waals surface area contributed by atoms with Crippen molar-refractivity contribution in [1.29, 1.82) is 0 Å². The summed E-state index contributed by atoms with van der Waals surface area (Å²) in [6.07, 6.45) is 0.245. The summed E-state index contributed by atoms with van der Waals surface area (Å²) in [6, 6.07) is 3.63. The molecule has 2 rings (SSSR count). The molecule has 1 N–H and O–H groups in total. The van der Waals surface area contributed by atoms with E-state index in [1.165, 1.54) is 16.4 Å². The van der Waals surface area contributed by atoms with Crippen molar-refractivity contribution >= 4 is 27.3 Å². The lowest BCUT2D eigenvalue weighted by molar-refractivity contribution is -0.384. The third-order valence-electron chi connectivity index (χ3n) is 4.65. The van der Waals surface area contributed by atoms with Gasteiger partial charge in [0.15, 0.2) is 0 Å². The summed E-state index contributed by atoms with van der Waals surface area (Å²) in [5.41, 5.74) is -0.111. The molecule has 150 valence electrons. The second-order valence-electron chi connectivity index (χ2n) is 6.71. The molecule has 0 saturated carbocycles. The largest absolute Gasteiger partial charge is 0.374 e. The average Bonchev–Trinajstić information content (AvgIpc) is 2.96. The molecule has 10 heteroatoms. The Bertz CT molecular complexity index is 821. The first-order valence-corrected chi connectivity index (χ1v) is 10.4. The predicted molar refractivity (Wildman–Crippen MR) is 102 cm³/mol. The van der Waals surface area contributed by atoms with E-state index in [9.17, 15) is 23.3 Å². The topological polar surface area (TPSA) is 113 Å². The van der Waals surface area contributed by atoms with Gasteiger partial charge in [-0.25, -0.2) is 8.42 Å². The number of carbonyl (C=O) groups excluding carboxylic acids is 1. The fourth-order valence-corrected chi connectivity index (χ4v) is 4.68. The molecular formula is C17H26N4O5S. The lowest BCUT2D eigenvalue weighted by Gasteiger charge is -2.21. The van der Waals surface area contributed by atoms with Crippen LogP contribution in [0.4, 0.5) is 11.4 Å². The average molecular weight is 398 g/mol. The monoisotopic (exact) mass is 398 g/mol. The van der Waals surface area contributed by atoms with E-state index in [0.717, 1.165) is 6.07 Å². The highest BCUT2D eigenvalue weighted by Crippen LogP contribution is 2.31. The van der Waals surface area contributed by atoms with Crippen molar-refractivity contribution in [3.63, 3.8) is 0 Å². The van der Waals surface area contributed by atoms with Crippen LogP contribution in [0.2, 0.25) is 0 Å². The zero-order valence-electron chi connectivity index (χ0n) is 16.0. The Hall–Kier alpha value is -2.20. The Kier molecular flexibility index (Phi) is 6.42. The van der Waals surface area contributed by atoms with E-state index < -0.39 is 14.9 Å². The highest BCUT2D eigenvalue weighted by atomic mass is 32.2. The van der Waals surface area contributed by atoms with Crippen molar-refractivity contribution in [3.05, 3.63) is 28.3 Å². The molecule has 1 aromatic carbocycles. The summed E-state index contributed by atoms with van der Waals surface area (Å²) < 4.78 is 26.5. The van der Waals surface area contributed by atoms with Gasteiger partial charge in [0.05, 0.1) is 15.9 Å². The fraction of sp³-hybridized carbons (Fsp3) is 0.588. The van der Waals surface area contributed by atoms with Gasteiger partial charge in [0.2, 0.25) is 15.9 Å². The van der Waals surface area contributed by atoms with Gasteiger partial charge in [0, 0.05) is 38.2 Å². The molecule has 1 amide bonds. The van der Waals surface area contributed by atoms with Crippen molar-refractivity contribution < 1.29 is 18.1 Å². The van der Waals surface area contributed by atoms with E-state index in [1.54, 1.807) is 18.7 Å². The summed E-state index contributed by atoms with van der Waals surface area (Å²) in [5, 5.41) is 14.5. The minimum absolute atomic E-state index is 0.00844. The normalized spacial score (nSPS) is 17.8. The van der Waals surface area contributed by atoms with E-state index in [-0.39, 0.29) is 53.8 Å². The number of likely N-dealkylation sites (tertiary alicyclic amines) is 1. The number of nitro benzene ring substituents is 1. The maximum Gasteiger partial charge on any atom is 0.293 e. The first-order valence-electron chi connectivity index (χ1n) is 8.96. The SMILES string of the molecule is CCN(CC)S(=O)(=O)c1ccc(N[C@@H]2CC(=O)N(C(C)C)C2)c([N+](=O)[O-])c1. The molecular weight excluding hydrogens is 372 g/mol. The van der Waals surface area contributed by atoms with E-state index in [0.29, 0.717) is 6.54 Å². The van der Waals surface area contributed by atoms with Crippen molar-refractivity contribution in [3.8, 4) is 0 Å². The molecule has 0 unspecified atom stereocenters. The van der Waals surface area contributed by atoms with Crippen LogP contribution in [0.1, 0.15) is 34.1 Å². The number of anilines is 1. The van der Waals surface area contributed by atoms with Crippen LogP contribution in [0, 0.1) is 10.1 Å². The lowest BCUT2D eigenvalue weighted by atomic mass is 10.2. The van der Waals surface area contributed by atoms with Gasteiger partial charge in [0.1, 0.15) is 5.69 Å². The van der Waals surface area contributed by atoms with E-state index >= 15 is 0 Å². The second kappa shape index (κ2) is 8.22. The third kappa shape index (κ3) is 4.38. The molecule has 27 heavy (non-hydrogen) atoms. The summed E-state index contributed by atoms with van der Waals surface area (Å²) >= 11 is 0. The number of sulfonamides is 1. The minimum atomic E-state index is -3.79. The molecule has 1 fully saturated rings. The Morgan fingerprint density at radius 1 is 1.33 bits per heavy atom. The van der Waals surface area contributed by atoms with Crippen LogP contribution in [0.5, 0.6) is 0 Å². The molecule has 0 aliphatic carbocycles. The molecule has 1 atom stereocenters. The van der Waals surface area contributed by atoms with Gasteiger partial charge < -0.3 is 10.2 Å². The van der Waals surface area contributed by atoms with Crippen LogP contribution < -0.4 is 5.32 Å². The quantitative estimate of drug-likeness (QED) is 0.530. The van der Waals surface area contributed by atoms with E-state index in [2.05, 4.69) is 5.32 Å². The second-order valence-corrected chi connectivity index (χ2v) is 8.65. The van der Waals surface area contributed by atoms with Gasteiger partial charge in [-0.05, 0) is 26.0 Å². The molecule has 0 spiro atoms. The number of hydrogen-bond acceptors (Lipinski definition) is 6. The molecule has 0 aromatic heterocycles. The summed E-state index contributed by atoms with van der Waals surface area (Å²) in [5.74, 6) is -0.00844. The maximum absolute atomic E-state index is 12.6. The van der Waals surface area contributed by atoms with Crippen molar-refractivity contribution in [2.24, 2.45) is 0 Å². The van der Waals surface area contributed by atoms with Crippen LogP contribution in [0.25, 0.3) is 0 Å². The van der Waals surface area contributed by atoms with E-state index in [4.69, 9.17) is 0 Å². The molecule has 9 nitrogen and oxygen atoms in total. The smallest absolute Gasteiger partial charge is 0.293 e. The van der Waals surface area contributed by atoms with Crippen LogP contribution >= 0.6 is 0 Å². The number of nitro groups is 1. The number of nitrogens with zero attached hydrogens (tertiary/aromatic N) is 3. The number of nitrogens with one attached hydrogen (secondary N) is 1. The van der Waals surface area contributed by atoms with Crippen molar-refractivity contribution in [1.82, 2.24) is 9.21 Å². The molecule has 0 radical (unpaired) electrons. The van der Waals surface area contributed by atoms with Crippen molar-refractivity contribution in [2.45, 2.75) is 51.1 Å². The predicted octanol–water partition coefficient (Wildman–Crippen LogP) is 2.05. The molecule has 1 saturated heterocycles. The van der Waals surface area contributed by atoms with Gasteiger partial charge in [-0.15, -0.1) is 0 Å². The fourth-order valence-electron chi connectivity index (χ4n) is 3.20. The van der Waals surface area contributed by atoms with Crippen LogP contribution in [0.15, 0.2) is 23.1 Å². The standard InChI is InChI=1S/C17H26N4O5S/c1-5-19(6-2)27(25,26)14-7-8-15(16(10-14)21(23)24)18-13-9-17(22)20(11-13)12(3)4/h7-8,10,12-13,18H,5-6,9,11H2,1-4H3/t13-/m1/s1. The first kappa shape index (κ1) is 21.1. The van der Waals surface area contributed by atoms with Gasteiger partial charge in [-0.3, -0.25) is 14.9 Å². The van der Waals surface area contributed by atoms with Gasteiger partial charge in [-0.1, -0.05) is 13.8 Å². The number of rotatable bonds is 8. The van der Waals surface area contributed by atoms with E-state index in [1.807, 2.05) is 13.8 Å². The van der Waals surface area contributed by atoms with Gasteiger partial charge >= 0.3 is 0 Å². The van der Waals surface area contributed by atoms with Crippen molar-refractivity contribution in [2.75, 3.05) is 25.0 Å². The third-order valence-corrected chi connectivity index (χ3v) is 6.70. The number of amides is 1. The minimum Gasteiger partial charge on any atom is -0.374 e. The van der Waals surface area contributed by atoms with Crippen LogP contribution in [0.3, 0.4) is 0 Å². The Morgan fingerprint density at radius 2 is 1.96 bits per heavy atom. The molecule has 1 aliphatic rings. The Morgan fingerprint density at radius 3 is 2.44 bits per heavy atom. The zero-order chi connectivity index (χ0) is 20.4. The van der Waals surface area contributed by atoms with Crippen LogP contribution in [-0.4, -0.2) is 60.2 Å². The molecule has 0 bridgehead atoms. The first-order chi connectivity index (χ1) is 12.6. The summed E-state index contributed by atoms with van der Waals surface area (Å²) in [7, 11) is -3.79. The summed E-state index contributed by atoms with van der Waals surface area (Å²) in [6.45, 7) is 8.26. The van der Waals surface area contributed by atoms with Gasteiger partial charge in [0.25, 0.3) is 5.69 Å². The van der Waals surface area contributed by atoms with Crippen LogP contribution in [-0.2, 0) is 14.8 Å².